The van der Waals surface area contributed by atoms with Crippen molar-refractivity contribution in [3.63, 3.8) is 0 Å². The van der Waals surface area contributed by atoms with E-state index in [4.69, 9.17) is 4.74 Å². The summed E-state index contributed by atoms with van der Waals surface area (Å²) in [5.74, 6) is -0.569. The summed E-state index contributed by atoms with van der Waals surface area (Å²) in [4.78, 5) is 25.3. The van der Waals surface area contributed by atoms with E-state index in [-0.39, 0.29) is 30.4 Å². The molecule has 2 N–H and O–H groups in total. The van der Waals surface area contributed by atoms with Gasteiger partial charge >= 0.3 is 0 Å². The molecule has 1 aliphatic heterocycles. The third-order valence-electron chi connectivity index (χ3n) is 5.40. The maximum atomic E-state index is 12.6. The van der Waals surface area contributed by atoms with Crippen LogP contribution in [0.3, 0.4) is 0 Å². The van der Waals surface area contributed by atoms with Gasteiger partial charge in [-0.2, -0.15) is 4.31 Å². The summed E-state index contributed by atoms with van der Waals surface area (Å²) in [6, 6.07) is 8.96. The topological polar surface area (TPSA) is 105 Å². The van der Waals surface area contributed by atoms with Gasteiger partial charge in [0.1, 0.15) is 5.00 Å². The van der Waals surface area contributed by atoms with E-state index in [1.807, 2.05) is 26.0 Å². The highest BCUT2D eigenvalue weighted by Crippen LogP contribution is 2.24. The van der Waals surface area contributed by atoms with Crippen LogP contribution in [0.1, 0.15) is 59.9 Å². The number of sulfonamides is 1. The number of ether oxygens (including phenoxy) is 1. The summed E-state index contributed by atoms with van der Waals surface area (Å²) in [6.07, 6.45) is -0.340. The zero-order chi connectivity index (χ0) is 24.2. The lowest BCUT2D eigenvalue weighted by Crippen LogP contribution is -2.49. The zero-order valence-corrected chi connectivity index (χ0v) is 21.0. The fourth-order valence-corrected chi connectivity index (χ4v) is 5.93. The van der Waals surface area contributed by atoms with E-state index in [0.29, 0.717) is 35.1 Å². The van der Waals surface area contributed by atoms with Gasteiger partial charge in [0.15, 0.2) is 0 Å². The van der Waals surface area contributed by atoms with Gasteiger partial charge in [-0.05, 0) is 48.9 Å². The molecule has 1 fully saturated rings. The first-order valence-corrected chi connectivity index (χ1v) is 13.5. The summed E-state index contributed by atoms with van der Waals surface area (Å²) in [5, 5.41) is 7.57. The number of amides is 2. The highest BCUT2D eigenvalue weighted by molar-refractivity contribution is 7.89. The molecule has 0 radical (unpaired) electrons. The molecule has 1 aliphatic rings. The Balaban J connectivity index is 1.56. The summed E-state index contributed by atoms with van der Waals surface area (Å²) in [6.45, 7) is 8.42. The van der Waals surface area contributed by atoms with Gasteiger partial charge in [-0.25, -0.2) is 8.42 Å². The van der Waals surface area contributed by atoms with Crippen molar-refractivity contribution in [2.45, 2.75) is 45.8 Å². The molecular weight excluding hydrogens is 462 g/mol. The van der Waals surface area contributed by atoms with Crippen LogP contribution in [-0.2, 0) is 14.8 Å². The van der Waals surface area contributed by atoms with E-state index in [9.17, 15) is 18.0 Å². The van der Waals surface area contributed by atoms with Gasteiger partial charge in [0, 0.05) is 25.2 Å². The average molecular weight is 494 g/mol. The largest absolute Gasteiger partial charge is 0.373 e. The minimum atomic E-state index is -3.52. The molecule has 0 bridgehead atoms. The molecule has 33 heavy (non-hydrogen) atoms. The van der Waals surface area contributed by atoms with Gasteiger partial charge in [0.05, 0.1) is 23.5 Å². The Labute approximate surface area is 199 Å². The SMILES string of the molecule is CC1CN(S(=O)(=O)CCNC(=O)c2ccsc2NC(=O)c2ccc(C(C)C)cc2)CC(C)O1. The molecule has 10 heteroatoms. The highest BCUT2D eigenvalue weighted by Gasteiger charge is 2.30. The molecule has 1 aromatic carbocycles. The number of thiophene rings is 1. The minimum absolute atomic E-state index is 0.0266. The second-order valence-corrected chi connectivity index (χ2v) is 11.5. The van der Waals surface area contributed by atoms with Crippen LogP contribution in [0.4, 0.5) is 5.00 Å². The van der Waals surface area contributed by atoms with Crippen molar-refractivity contribution >= 4 is 38.2 Å². The van der Waals surface area contributed by atoms with Gasteiger partial charge in [-0.15, -0.1) is 11.3 Å². The number of hydrogen-bond donors (Lipinski definition) is 2. The van der Waals surface area contributed by atoms with Crippen LogP contribution >= 0.6 is 11.3 Å². The summed E-state index contributed by atoms with van der Waals surface area (Å²) >= 11 is 1.24. The molecule has 8 nitrogen and oxygen atoms in total. The lowest BCUT2D eigenvalue weighted by atomic mass is 10.0. The van der Waals surface area contributed by atoms with Crippen molar-refractivity contribution < 1.29 is 22.7 Å². The Morgan fingerprint density at radius 2 is 1.73 bits per heavy atom. The molecule has 2 aromatic rings. The summed E-state index contributed by atoms with van der Waals surface area (Å²) in [7, 11) is -3.52. The number of nitrogens with one attached hydrogen (secondary N) is 2. The predicted octanol–water partition coefficient (Wildman–Crippen LogP) is 3.29. The van der Waals surface area contributed by atoms with E-state index in [1.54, 1.807) is 23.6 Å². The van der Waals surface area contributed by atoms with Crippen molar-refractivity contribution in [2.75, 3.05) is 30.7 Å². The van der Waals surface area contributed by atoms with Crippen molar-refractivity contribution in [2.24, 2.45) is 0 Å². The van der Waals surface area contributed by atoms with E-state index >= 15 is 0 Å². The minimum Gasteiger partial charge on any atom is -0.373 e. The van der Waals surface area contributed by atoms with Gasteiger partial charge < -0.3 is 15.4 Å². The molecule has 0 spiro atoms. The van der Waals surface area contributed by atoms with Gasteiger partial charge in [0.2, 0.25) is 10.0 Å². The molecule has 1 aromatic heterocycles. The van der Waals surface area contributed by atoms with Crippen molar-refractivity contribution in [3.8, 4) is 0 Å². The number of nitrogens with zero attached hydrogens (tertiary/aromatic N) is 1. The number of carbonyl (C=O) groups is 2. The smallest absolute Gasteiger partial charge is 0.256 e. The van der Waals surface area contributed by atoms with E-state index < -0.39 is 15.9 Å². The second kappa shape index (κ2) is 10.8. The van der Waals surface area contributed by atoms with Crippen LogP contribution in [0.15, 0.2) is 35.7 Å². The third kappa shape index (κ3) is 6.63. The Bertz CT molecular complexity index is 1070. The first-order valence-electron chi connectivity index (χ1n) is 11.0. The van der Waals surface area contributed by atoms with Crippen molar-refractivity contribution in [1.82, 2.24) is 9.62 Å². The number of morpholine rings is 1. The van der Waals surface area contributed by atoms with Crippen molar-refractivity contribution in [3.05, 3.63) is 52.4 Å². The van der Waals surface area contributed by atoms with Crippen LogP contribution in [0.25, 0.3) is 0 Å². The molecule has 0 aliphatic carbocycles. The molecule has 2 unspecified atom stereocenters. The molecule has 3 rings (SSSR count). The van der Waals surface area contributed by atoms with Crippen LogP contribution in [0.5, 0.6) is 0 Å². The maximum absolute atomic E-state index is 12.6. The molecule has 2 atom stereocenters. The first kappa shape index (κ1) is 25.4. The average Bonchev–Trinajstić information content (AvgIpc) is 3.21. The van der Waals surface area contributed by atoms with Crippen LogP contribution < -0.4 is 10.6 Å². The highest BCUT2D eigenvalue weighted by atomic mass is 32.2. The standard InChI is InChI=1S/C23H31N3O5S2/c1-15(2)18-5-7-19(8-6-18)21(27)25-23-20(9-11-32-23)22(28)24-10-12-33(29,30)26-13-16(3)31-17(4)14-26/h5-9,11,15-17H,10,12-14H2,1-4H3,(H,24,28)(H,25,27). The summed E-state index contributed by atoms with van der Waals surface area (Å²) in [5.41, 5.74) is 1.94. The van der Waals surface area contributed by atoms with Gasteiger partial charge in [-0.1, -0.05) is 26.0 Å². The monoisotopic (exact) mass is 493 g/mol. The van der Waals surface area contributed by atoms with Crippen LogP contribution in [-0.4, -0.2) is 62.1 Å². The summed E-state index contributed by atoms with van der Waals surface area (Å²) < 4.78 is 32.3. The second-order valence-electron chi connectivity index (χ2n) is 8.54. The van der Waals surface area contributed by atoms with Crippen molar-refractivity contribution in [1.29, 1.82) is 0 Å². The van der Waals surface area contributed by atoms with Gasteiger partial charge in [-0.3, -0.25) is 9.59 Å². The lowest BCUT2D eigenvalue weighted by molar-refractivity contribution is -0.0440. The number of benzene rings is 1. The first-order chi connectivity index (χ1) is 15.6. The van der Waals surface area contributed by atoms with Gasteiger partial charge in [0.25, 0.3) is 11.8 Å². The number of hydrogen-bond acceptors (Lipinski definition) is 6. The van der Waals surface area contributed by atoms with E-state index in [2.05, 4.69) is 24.5 Å². The van der Waals surface area contributed by atoms with Crippen LogP contribution in [0, 0.1) is 0 Å². The fraction of sp³-hybridized carbons (Fsp3) is 0.478. The number of anilines is 1. The normalized spacial score (nSPS) is 19.4. The zero-order valence-electron chi connectivity index (χ0n) is 19.3. The van der Waals surface area contributed by atoms with Crippen LogP contribution in [0.2, 0.25) is 0 Å². The lowest BCUT2D eigenvalue weighted by Gasteiger charge is -2.34. The molecule has 2 amide bonds. The number of carbonyl (C=O) groups excluding carboxylic acids is 2. The Hall–Kier alpha value is -2.27. The Morgan fingerprint density at radius 1 is 1.09 bits per heavy atom. The fourth-order valence-electron chi connectivity index (χ4n) is 3.66. The Kier molecular flexibility index (Phi) is 8.28. The molecule has 2 heterocycles. The Morgan fingerprint density at radius 3 is 2.33 bits per heavy atom. The molecule has 0 saturated carbocycles. The molecule has 180 valence electrons. The quantitative estimate of drug-likeness (QED) is 0.587. The van der Waals surface area contributed by atoms with E-state index in [1.165, 1.54) is 15.6 Å². The molecule has 1 saturated heterocycles. The van der Waals surface area contributed by atoms with E-state index in [0.717, 1.165) is 5.56 Å². The predicted molar refractivity (Wildman–Crippen MR) is 131 cm³/mol. The maximum Gasteiger partial charge on any atom is 0.256 e. The molecular formula is C23H31N3O5S2. The third-order valence-corrected chi connectivity index (χ3v) is 8.04. The number of rotatable bonds is 8.